The summed E-state index contributed by atoms with van der Waals surface area (Å²) in [6, 6.07) is 0. The molecule has 0 N–H and O–H groups in total. The first-order valence-electron chi connectivity index (χ1n) is 27.3. The normalized spacial score (nSPS) is 41.5. The summed E-state index contributed by atoms with van der Waals surface area (Å²) in [5, 5.41) is 0. The maximum Gasteiger partial charge on any atom is 0.311 e. The minimum Gasteiger partial charge on any atom is -0.469 e. The number of carbonyl (C=O) groups excluding carboxylic acids is 9. The van der Waals surface area contributed by atoms with Gasteiger partial charge in [0.25, 0.3) is 0 Å². The predicted octanol–water partition coefficient (Wildman–Crippen LogP) is 6.15. The van der Waals surface area contributed by atoms with Gasteiger partial charge in [-0.25, -0.2) is 0 Å². The van der Waals surface area contributed by atoms with Crippen LogP contribution in [0.4, 0.5) is 0 Å². The molecule has 0 unspecified atom stereocenters. The molecule has 78 heavy (non-hydrogen) atoms. The van der Waals surface area contributed by atoms with E-state index in [2.05, 4.69) is 41.5 Å². The Kier molecular flexibility index (Phi) is 17.5. The van der Waals surface area contributed by atoms with E-state index in [4.69, 9.17) is 56.8 Å². The lowest BCUT2D eigenvalue weighted by Crippen LogP contribution is -2.68. The quantitative estimate of drug-likeness (QED) is 0.107. The molecule has 21 heteroatoms. The third-order valence-corrected chi connectivity index (χ3v) is 19.4. The van der Waals surface area contributed by atoms with Crippen molar-refractivity contribution in [3.05, 3.63) is 11.6 Å². The minimum absolute atomic E-state index is 0.0418. The van der Waals surface area contributed by atoms with Crippen LogP contribution in [0, 0.1) is 50.2 Å². The lowest BCUT2D eigenvalue weighted by Gasteiger charge is -2.70. The van der Waals surface area contributed by atoms with Gasteiger partial charge in [-0.1, -0.05) is 47.1 Å². The second kappa shape index (κ2) is 22.5. The molecular weight excluding hydrogens is 1020 g/mol. The Hall–Kier alpha value is -4.99. The molecule has 21 nitrogen and oxygen atoms in total. The van der Waals surface area contributed by atoms with Gasteiger partial charge in [0, 0.05) is 54.4 Å². The highest BCUT2D eigenvalue weighted by Gasteiger charge is 2.71. The monoisotopic (exact) mass is 1100 g/mol. The van der Waals surface area contributed by atoms with Gasteiger partial charge < -0.3 is 56.8 Å². The second-order valence-electron chi connectivity index (χ2n) is 24.9. The molecule has 0 aromatic rings. The Morgan fingerprint density at radius 1 is 0.551 bits per heavy atom. The SMILES string of the molecule is COC(=O)[C@@]1(C)CC[C@]2(C)CC[C@]3(C)C(=CC(=O)[C@@H]4[C@@]5(C)CC[C@H](O[C@@H]6O[C@H](COC(C)=O)[C@@H](O[C@@H]7O[C@H](COC(C)=O)[C@@H](OC(C)=O)[C@H](OC(C)=O)[C@H]7OC(C)=O)[C@H](OC(C)=O)[C@H]6OC(C)=O)C(C)(C)[C@@H]5CC[C@]43C)[C@@H]2C1. The van der Waals surface area contributed by atoms with Gasteiger partial charge in [-0.3, -0.25) is 43.2 Å². The molecule has 2 saturated heterocycles. The van der Waals surface area contributed by atoms with Crippen molar-refractivity contribution in [1.82, 2.24) is 0 Å². The van der Waals surface area contributed by atoms with Gasteiger partial charge in [0.1, 0.15) is 31.5 Å². The van der Waals surface area contributed by atoms with Crippen LogP contribution in [0.1, 0.15) is 155 Å². The van der Waals surface area contributed by atoms with Gasteiger partial charge in [-0.2, -0.15) is 0 Å². The van der Waals surface area contributed by atoms with Crippen LogP contribution in [-0.2, 0) is 100.0 Å². The van der Waals surface area contributed by atoms with Crippen molar-refractivity contribution in [1.29, 1.82) is 0 Å². The zero-order valence-electron chi connectivity index (χ0n) is 48.0. The Bertz CT molecular complexity index is 2420. The zero-order valence-corrected chi connectivity index (χ0v) is 48.0. The van der Waals surface area contributed by atoms with E-state index < -0.39 is 144 Å². The first kappa shape index (κ1) is 60.6. The summed E-state index contributed by atoms with van der Waals surface area (Å²) >= 11 is 0. The average Bonchev–Trinajstić information content (AvgIpc) is 3.10. The number of esters is 8. The largest absolute Gasteiger partial charge is 0.469 e. The molecule has 19 atom stereocenters. The Balaban J connectivity index is 1.23. The van der Waals surface area contributed by atoms with E-state index in [9.17, 15) is 38.4 Å². The smallest absolute Gasteiger partial charge is 0.311 e. The molecule has 6 fully saturated rings. The third kappa shape index (κ3) is 11.4. The van der Waals surface area contributed by atoms with Gasteiger partial charge in [-0.15, -0.1) is 0 Å². The predicted molar refractivity (Wildman–Crippen MR) is 270 cm³/mol. The molecule has 2 heterocycles. The standard InChI is InChI=1S/C57H82O21/c1-28(58)68-26-38-42(70-30(3)60)44(71-31(4)61)47(74-34(7)64)50(76-38)78-43-39(27-69-29(2)59)75-49(46(73-33(6)63)45(43)72-32(5)62)77-41-17-18-55(12)40(52(41,8)9)16-19-57(14)48(55)37(65)24-35-36-25-54(11,51(66)67-15)21-20-53(36,10)22-23-56(35,57)13/h24,36,38-50H,16-23,25-27H2,1-15H3/t36-,38+,39+,40-,41-,42+,43+,44-,45-,46+,47+,48+,49-,50-,53+,54-,55-,56+,57+/m0/s1. The van der Waals surface area contributed by atoms with E-state index in [1.807, 2.05) is 13.0 Å². The molecule has 7 aliphatic rings. The van der Waals surface area contributed by atoms with E-state index in [-0.39, 0.29) is 40.3 Å². The van der Waals surface area contributed by atoms with E-state index >= 15 is 4.79 Å². The molecule has 0 aromatic carbocycles. The van der Waals surface area contributed by atoms with E-state index in [0.717, 1.165) is 87.0 Å². The summed E-state index contributed by atoms with van der Waals surface area (Å²) in [4.78, 5) is 117. The van der Waals surface area contributed by atoms with Crippen LogP contribution in [0.25, 0.3) is 0 Å². The highest BCUT2D eigenvalue weighted by atomic mass is 16.8. The van der Waals surface area contributed by atoms with Gasteiger partial charge in [0.15, 0.2) is 48.9 Å². The van der Waals surface area contributed by atoms with Crippen molar-refractivity contribution < 1.29 is 100.0 Å². The molecule has 0 bridgehead atoms. The highest BCUT2D eigenvalue weighted by molar-refractivity contribution is 5.96. The molecule has 7 rings (SSSR count). The lowest BCUT2D eigenvalue weighted by atomic mass is 9.33. The number of hydrogen-bond donors (Lipinski definition) is 0. The van der Waals surface area contributed by atoms with Crippen molar-refractivity contribution >= 4 is 53.5 Å². The summed E-state index contributed by atoms with van der Waals surface area (Å²) in [7, 11) is 1.44. The van der Waals surface area contributed by atoms with Crippen LogP contribution in [0.3, 0.4) is 0 Å². The fourth-order valence-corrected chi connectivity index (χ4v) is 15.6. The van der Waals surface area contributed by atoms with Crippen LogP contribution in [0.2, 0.25) is 0 Å². The maximum absolute atomic E-state index is 15.2. The molecule has 2 aliphatic heterocycles. The van der Waals surface area contributed by atoms with Gasteiger partial charge >= 0.3 is 47.8 Å². The van der Waals surface area contributed by atoms with Crippen LogP contribution < -0.4 is 0 Å². The van der Waals surface area contributed by atoms with Crippen molar-refractivity contribution in [2.45, 2.75) is 222 Å². The first-order valence-corrected chi connectivity index (χ1v) is 27.3. The maximum atomic E-state index is 15.2. The number of hydrogen-bond acceptors (Lipinski definition) is 21. The Morgan fingerprint density at radius 2 is 1.03 bits per heavy atom. The number of methoxy groups -OCH3 is 1. The van der Waals surface area contributed by atoms with Crippen LogP contribution >= 0.6 is 0 Å². The number of allylic oxidation sites excluding steroid dienone is 2. The van der Waals surface area contributed by atoms with E-state index in [0.29, 0.717) is 19.3 Å². The molecule has 0 aromatic heterocycles. The molecule has 0 spiro atoms. The number of carbonyl (C=O) groups is 9. The Labute approximate surface area is 456 Å². The molecule has 0 amide bonds. The Morgan fingerprint density at radius 3 is 1.54 bits per heavy atom. The van der Waals surface area contributed by atoms with Crippen molar-refractivity contribution in [2.24, 2.45) is 50.2 Å². The summed E-state index contributed by atoms with van der Waals surface area (Å²) in [6.45, 7) is 21.9. The van der Waals surface area contributed by atoms with Gasteiger partial charge in [0.05, 0.1) is 18.6 Å². The minimum atomic E-state index is -1.84. The number of ketones is 1. The molecule has 4 saturated carbocycles. The topological polar surface area (TPSA) is 264 Å². The first-order chi connectivity index (χ1) is 36.2. The fraction of sp³-hybridized carbons (Fsp3) is 0.807. The van der Waals surface area contributed by atoms with Gasteiger partial charge in [0.2, 0.25) is 0 Å². The van der Waals surface area contributed by atoms with Crippen LogP contribution in [-0.4, -0.2) is 141 Å². The summed E-state index contributed by atoms with van der Waals surface area (Å²) in [5.74, 6) is -6.36. The molecular formula is C57H82O21. The van der Waals surface area contributed by atoms with Crippen molar-refractivity contribution in [2.75, 3.05) is 20.3 Å². The zero-order chi connectivity index (χ0) is 57.8. The van der Waals surface area contributed by atoms with Crippen molar-refractivity contribution in [3.63, 3.8) is 0 Å². The summed E-state index contributed by atoms with van der Waals surface area (Å²) in [6.07, 6.45) is -8.05. The molecule has 436 valence electrons. The number of ether oxygens (including phenoxy) is 12. The lowest BCUT2D eigenvalue weighted by molar-refractivity contribution is -0.369. The van der Waals surface area contributed by atoms with E-state index in [1.54, 1.807) is 0 Å². The second-order valence-corrected chi connectivity index (χ2v) is 24.9. The van der Waals surface area contributed by atoms with Crippen LogP contribution in [0.15, 0.2) is 11.6 Å². The molecule has 5 aliphatic carbocycles. The highest BCUT2D eigenvalue weighted by Crippen LogP contribution is 2.75. The molecule has 0 radical (unpaired) electrons. The third-order valence-electron chi connectivity index (χ3n) is 19.4. The number of rotatable bonds is 14. The average molecular weight is 1100 g/mol. The van der Waals surface area contributed by atoms with E-state index in [1.165, 1.54) is 12.7 Å². The number of fused-ring (bicyclic) bond motifs is 7. The van der Waals surface area contributed by atoms with Gasteiger partial charge in [-0.05, 0) is 110 Å². The summed E-state index contributed by atoms with van der Waals surface area (Å²) in [5.41, 5.74) is -1.46. The summed E-state index contributed by atoms with van der Waals surface area (Å²) < 4.78 is 71.4. The van der Waals surface area contributed by atoms with Crippen LogP contribution in [0.5, 0.6) is 0 Å². The van der Waals surface area contributed by atoms with Crippen molar-refractivity contribution in [3.8, 4) is 0 Å². The fourth-order valence-electron chi connectivity index (χ4n) is 15.6.